The topological polar surface area (TPSA) is 44.8 Å². The molecule has 1 aliphatic heterocycles. The largest absolute Gasteiger partial charge is 0.461 e. The molecular weight excluding hydrogens is 371 g/mol. The summed E-state index contributed by atoms with van der Waals surface area (Å²) in [7, 11) is 0. The van der Waals surface area contributed by atoms with Crippen LogP contribution in [-0.4, -0.2) is 25.0 Å². The van der Waals surface area contributed by atoms with E-state index < -0.39 is 6.29 Å². The second-order valence-corrected chi connectivity index (χ2v) is 6.43. The van der Waals surface area contributed by atoms with Crippen LogP contribution in [0, 0.1) is 15.4 Å². The maximum Gasteiger partial charge on any atom is 0.303 e. The number of hydrogen-bond acceptors (Lipinski definition) is 4. The van der Waals surface area contributed by atoms with Crippen LogP contribution < -0.4 is 4.74 Å². The normalized spacial score (nSPS) is 29.8. The molecule has 0 amide bonds. The molecule has 110 valence electrons. The molecule has 0 N–H and O–H groups in total. The number of carbonyl (C=O) groups excluding carboxylic acids is 1. The Balaban J connectivity index is 2.10. The molecule has 1 aliphatic rings. The van der Waals surface area contributed by atoms with E-state index in [0.29, 0.717) is 18.3 Å². The van der Waals surface area contributed by atoms with Crippen molar-refractivity contribution in [3.05, 3.63) is 27.8 Å². The van der Waals surface area contributed by atoms with E-state index in [0.717, 1.165) is 3.57 Å². The molecule has 0 saturated carbocycles. The van der Waals surface area contributed by atoms with Crippen molar-refractivity contribution in [1.82, 2.24) is 0 Å². The highest BCUT2D eigenvalue weighted by atomic mass is 127. The molecule has 5 heteroatoms. The van der Waals surface area contributed by atoms with Crippen LogP contribution in [0.5, 0.6) is 5.75 Å². The van der Waals surface area contributed by atoms with Crippen LogP contribution in [0.2, 0.25) is 0 Å². The van der Waals surface area contributed by atoms with Crippen molar-refractivity contribution < 1.29 is 19.0 Å². The lowest BCUT2D eigenvalue weighted by molar-refractivity contribution is -0.220. The van der Waals surface area contributed by atoms with Crippen molar-refractivity contribution in [3.63, 3.8) is 0 Å². The maximum atomic E-state index is 11.3. The Morgan fingerprint density at radius 1 is 1.30 bits per heavy atom. The minimum Gasteiger partial charge on any atom is -0.461 e. The minimum absolute atomic E-state index is 0.196. The molecule has 2 rings (SSSR count). The summed E-state index contributed by atoms with van der Waals surface area (Å²) in [5, 5.41) is 0. The Bertz CT molecular complexity index is 459. The zero-order chi connectivity index (χ0) is 14.7. The fourth-order valence-electron chi connectivity index (χ4n) is 2.17. The van der Waals surface area contributed by atoms with E-state index in [9.17, 15) is 4.79 Å². The third-order valence-electron chi connectivity index (χ3n) is 3.58. The van der Waals surface area contributed by atoms with Crippen LogP contribution >= 0.6 is 22.6 Å². The molecule has 1 fully saturated rings. The first-order valence-corrected chi connectivity index (χ1v) is 7.76. The first kappa shape index (κ1) is 15.6. The molecular formula is C15H19IO4. The second-order valence-electron chi connectivity index (χ2n) is 5.18. The lowest BCUT2D eigenvalue weighted by Crippen LogP contribution is -2.49. The van der Waals surface area contributed by atoms with Gasteiger partial charge in [0.2, 0.25) is 6.29 Å². The van der Waals surface area contributed by atoms with E-state index in [4.69, 9.17) is 14.2 Å². The van der Waals surface area contributed by atoms with Crippen LogP contribution in [0.25, 0.3) is 0 Å². The fraction of sp³-hybridized carbons (Fsp3) is 0.533. The monoisotopic (exact) mass is 390 g/mol. The van der Waals surface area contributed by atoms with Gasteiger partial charge in [0.15, 0.2) is 6.10 Å². The van der Waals surface area contributed by atoms with Gasteiger partial charge in [-0.1, -0.05) is 13.8 Å². The van der Waals surface area contributed by atoms with Gasteiger partial charge in [-0.2, -0.15) is 0 Å². The molecule has 1 saturated heterocycles. The zero-order valence-corrected chi connectivity index (χ0v) is 14.0. The lowest BCUT2D eigenvalue weighted by Gasteiger charge is -2.38. The highest BCUT2D eigenvalue weighted by Gasteiger charge is 2.39. The molecule has 1 aromatic carbocycles. The van der Waals surface area contributed by atoms with Gasteiger partial charge in [-0.05, 0) is 52.8 Å². The van der Waals surface area contributed by atoms with Gasteiger partial charge in [0, 0.05) is 16.4 Å². The lowest BCUT2D eigenvalue weighted by atomic mass is 9.88. The Labute approximate surface area is 132 Å². The number of ether oxygens (including phenoxy) is 3. The fourth-order valence-corrected chi connectivity index (χ4v) is 2.53. The van der Waals surface area contributed by atoms with Gasteiger partial charge in [-0.15, -0.1) is 0 Å². The summed E-state index contributed by atoms with van der Waals surface area (Å²) >= 11 is 2.24. The zero-order valence-electron chi connectivity index (χ0n) is 11.8. The summed E-state index contributed by atoms with van der Waals surface area (Å²) in [4.78, 5) is 11.3. The Morgan fingerprint density at radius 3 is 2.55 bits per heavy atom. The summed E-state index contributed by atoms with van der Waals surface area (Å²) in [6.45, 7) is 6.16. The van der Waals surface area contributed by atoms with Gasteiger partial charge in [-0.25, -0.2) is 0 Å². The summed E-state index contributed by atoms with van der Waals surface area (Å²) in [5.41, 5.74) is 0. The van der Waals surface area contributed by atoms with Gasteiger partial charge in [0.05, 0.1) is 6.61 Å². The second kappa shape index (κ2) is 6.76. The minimum atomic E-state index is -0.551. The summed E-state index contributed by atoms with van der Waals surface area (Å²) in [5.74, 6) is 0.933. The SMILES string of the molecule is CC(=O)OC1C(Oc2ccc(I)cc2)OCC(C)C1C. The Hall–Kier alpha value is -0.820. The average molecular weight is 390 g/mol. The van der Waals surface area contributed by atoms with Crippen LogP contribution in [0.4, 0.5) is 0 Å². The van der Waals surface area contributed by atoms with E-state index in [-0.39, 0.29) is 18.0 Å². The van der Waals surface area contributed by atoms with Crippen LogP contribution in [-0.2, 0) is 14.3 Å². The highest BCUT2D eigenvalue weighted by molar-refractivity contribution is 14.1. The van der Waals surface area contributed by atoms with Crippen molar-refractivity contribution >= 4 is 28.6 Å². The molecule has 0 spiro atoms. The first-order chi connectivity index (χ1) is 9.47. The predicted molar refractivity (Wildman–Crippen MR) is 83.4 cm³/mol. The molecule has 4 unspecified atom stereocenters. The maximum absolute atomic E-state index is 11.3. The third kappa shape index (κ3) is 3.85. The van der Waals surface area contributed by atoms with Crippen molar-refractivity contribution in [3.8, 4) is 5.75 Å². The highest BCUT2D eigenvalue weighted by Crippen LogP contribution is 2.30. The molecule has 1 aromatic rings. The van der Waals surface area contributed by atoms with Crippen molar-refractivity contribution in [2.24, 2.45) is 11.8 Å². The predicted octanol–water partition coefficient (Wildman–Crippen LogP) is 3.23. The van der Waals surface area contributed by atoms with Gasteiger partial charge in [0.25, 0.3) is 0 Å². The summed E-state index contributed by atoms with van der Waals surface area (Å²) in [6, 6.07) is 7.70. The van der Waals surface area contributed by atoms with Crippen LogP contribution in [0.3, 0.4) is 0 Å². The number of rotatable bonds is 3. The van der Waals surface area contributed by atoms with Crippen molar-refractivity contribution in [2.75, 3.05) is 6.61 Å². The van der Waals surface area contributed by atoms with E-state index in [2.05, 4.69) is 36.4 Å². The smallest absolute Gasteiger partial charge is 0.303 e. The summed E-state index contributed by atoms with van der Waals surface area (Å²) < 4.78 is 18.1. The standard InChI is InChI=1S/C15H19IO4/c1-9-8-18-15(14(10(9)2)19-11(3)17)20-13-6-4-12(16)5-7-13/h4-7,9-10,14-15H,8H2,1-3H3. The molecule has 1 heterocycles. The Kier molecular flexibility index (Phi) is 5.26. The number of carbonyl (C=O) groups is 1. The number of halogens is 1. The van der Waals surface area contributed by atoms with Gasteiger partial charge in [0.1, 0.15) is 5.75 Å². The van der Waals surface area contributed by atoms with Gasteiger partial charge in [-0.3, -0.25) is 4.79 Å². The average Bonchev–Trinajstić information content (AvgIpc) is 2.40. The summed E-state index contributed by atoms with van der Waals surface area (Å²) in [6.07, 6.45) is -0.930. The van der Waals surface area contributed by atoms with Gasteiger partial charge >= 0.3 is 5.97 Å². The third-order valence-corrected chi connectivity index (χ3v) is 4.29. The number of esters is 1. The molecule has 4 atom stereocenters. The van der Waals surface area contributed by atoms with E-state index >= 15 is 0 Å². The van der Waals surface area contributed by atoms with Crippen molar-refractivity contribution in [2.45, 2.75) is 33.2 Å². The molecule has 0 aliphatic carbocycles. The molecule has 4 nitrogen and oxygen atoms in total. The van der Waals surface area contributed by atoms with E-state index in [1.165, 1.54) is 6.92 Å². The number of hydrogen-bond donors (Lipinski definition) is 0. The molecule has 0 radical (unpaired) electrons. The van der Waals surface area contributed by atoms with E-state index in [1.807, 2.05) is 24.3 Å². The first-order valence-electron chi connectivity index (χ1n) is 6.68. The van der Waals surface area contributed by atoms with E-state index in [1.54, 1.807) is 0 Å². The van der Waals surface area contributed by atoms with Crippen LogP contribution in [0.15, 0.2) is 24.3 Å². The van der Waals surface area contributed by atoms with Crippen LogP contribution in [0.1, 0.15) is 20.8 Å². The molecule has 0 aromatic heterocycles. The molecule has 20 heavy (non-hydrogen) atoms. The quantitative estimate of drug-likeness (QED) is 0.587. The van der Waals surface area contributed by atoms with Gasteiger partial charge < -0.3 is 14.2 Å². The van der Waals surface area contributed by atoms with Crippen molar-refractivity contribution in [1.29, 1.82) is 0 Å². The number of benzene rings is 1. The molecule has 0 bridgehead atoms. The Morgan fingerprint density at radius 2 is 1.95 bits per heavy atom.